The predicted octanol–water partition coefficient (Wildman–Crippen LogP) is 3.71. The lowest BCUT2D eigenvalue weighted by atomic mass is 10.1. The van der Waals surface area contributed by atoms with Gasteiger partial charge in [-0.3, -0.25) is 5.41 Å². The fraction of sp³-hybridized carbons (Fsp3) is 0.188. The second-order valence-corrected chi connectivity index (χ2v) is 5.54. The average molecular weight is 270 g/mol. The number of nitrogens with two attached hydrogens (primary N) is 1. The second-order valence-electron chi connectivity index (χ2n) is 4.55. The molecule has 0 amide bonds. The molecule has 98 valence electrons. The first-order valence-electron chi connectivity index (χ1n) is 6.22. The van der Waals surface area contributed by atoms with E-state index >= 15 is 0 Å². The van der Waals surface area contributed by atoms with Crippen LogP contribution in [0.4, 0.5) is 0 Å². The predicted molar refractivity (Wildman–Crippen MR) is 83.6 cm³/mol. The molecule has 0 heterocycles. The van der Waals surface area contributed by atoms with Gasteiger partial charge in [0, 0.05) is 17.1 Å². The minimum absolute atomic E-state index is 0.145. The third-order valence-electron chi connectivity index (χ3n) is 2.92. The molecule has 0 aliphatic heterocycles. The van der Waals surface area contributed by atoms with Crippen LogP contribution in [0.2, 0.25) is 0 Å². The van der Waals surface area contributed by atoms with Gasteiger partial charge in [0.2, 0.25) is 0 Å². The molecule has 3 heteroatoms. The van der Waals surface area contributed by atoms with Crippen molar-refractivity contribution < 1.29 is 0 Å². The van der Waals surface area contributed by atoms with E-state index in [1.807, 2.05) is 36.0 Å². The summed E-state index contributed by atoms with van der Waals surface area (Å²) in [5, 5.41) is 7.57. The van der Waals surface area contributed by atoms with Crippen molar-refractivity contribution in [1.82, 2.24) is 0 Å². The Morgan fingerprint density at radius 3 is 2.63 bits per heavy atom. The Morgan fingerprint density at radius 2 is 1.89 bits per heavy atom. The summed E-state index contributed by atoms with van der Waals surface area (Å²) >= 11 is 1.85. The molecule has 2 aromatic rings. The first kappa shape index (κ1) is 13.7. The molecule has 2 aromatic carbocycles. The third kappa shape index (κ3) is 3.86. The van der Waals surface area contributed by atoms with Gasteiger partial charge in [0.1, 0.15) is 5.84 Å². The van der Waals surface area contributed by atoms with Crippen LogP contribution in [-0.4, -0.2) is 5.84 Å². The standard InChI is InChI=1S/C16H18N2S/c1-12-5-4-6-13(9-12)10-19-11-14-7-2-3-8-15(14)16(17)18/h2-9H,10-11H2,1H3,(H3,17,18). The van der Waals surface area contributed by atoms with Gasteiger partial charge in [0.25, 0.3) is 0 Å². The lowest BCUT2D eigenvalue weighted by Gasteiger charge is -2.08. The largest absolute Gasteiger partial charge is 0.384 e. The molecule has 0 saturated carbocycles. The summed E-state index contributed by atoms with van der Waals surface area (Å²) in [7, 11) is 0. The van der Waals surface area contributed by atoms with Crippen LogP contribution in [-0.2, 0) is 11.5 Å². The van der Waals surface area contributed by atoms with Crippen LogP contribution in [0.15, 0.2) is 48.5 Å². The van der Waals surface area contributed by atoms with Gasteiger partial charge in [0.15, 0.2) is 0 Å². The molecule has 3 N–H and O–H groups in total. The average Bonchev–Trinajstić information content (AvgIpc) is 2.39. The topological polar surface area (TPSA) is 49.9 Å². The highest BCUT2D eigenvalue weighted by molar-refractivity contribution is 7.97. The summed E-state index contributed by atoms with van der Waals surface area (Å²) in [5.74, 6) is 2.00. The highest BCUT2D eigenvalue weighted by atomic mass is 32.2. The van der Waals surface area contributed by atoms with E-state index in [0.29, 0.717) is 0 Å². The quantitative estimate of drug-likeness (QED) is 0.642. The zero-order chi connectivity index (χ0) is 13.7. The minimum atomic E-state index is 0.145. The van der Waals surface area contributed by atoms with Gasteiger partial charge in [-0.25, -0.2) is 0 Å². The molecule has 0 aliphatic rings. The van der Waals surface area contributed by atoms with Crippen LogP contribution in [0.5, 0.6) is 0 Å². The fourth-order valence-corrected chi connectivity index (χ4v) is 2.98. The second kappa shape index (κ2) is 6.43. The maximum atomic E-state index is 7.57. The maximum absolute atomic E-state index is 7.57. The fourth-order valence-electron chi connectivity index (χ4n) is 1.99. The Hall–Kier alpha value is -1.74. The monoisotopic (exact) mass is 270 g/mol. The number of thioether (sulfide) groups is 1. The number of hydrogen-bond acceptors (Lipinski definition) is 2. The SMILES string of the molecule is Cc1cccc(CSCc2ccccc2C(=N)N)c1. The first-order chi connectivity index (χ1) is 9.16. The Kier molecular flexibility index (Phi) is 4.63. The molecular weight excluding hydrogens is 252 g/mol. The van der Waals surface area contributed by atoms with Crippen molar-refractivity contribution in [2.24, 2.45) is 5.73 Å². The highest BCUT2D eigenvalue weighted by Crippen LogP contribution is 2.20. The van der Waals surface area contributed by atoms with Gasteiger partial charge < -0.3 is 5.73 Å². The van der Waals surface area contributed by atoms with Crippen molar-refractivity contribution in [1.29, 1.82) is 5.41 Å². The molecule has 2 nitrogen and oxygen atoms in total. The summed E-state index contributed by atoms with van der Waals surface area (Å²) in [6.45, 7) is 2.11. The van der Waals surface area contributed by atoms with Gasteiger partial charge in [-0.1, -0.05) is 54.1 Å². The van der Waals surface area contributed by atoms with E-state index in [0.717, 1.165) is 22.6 Å². The highest BCUT2D eigenvalue weighted by Gasteiger charge is 2.04. The van der Waals surface area contributed by atoms with Crippen LogP contribution in [0.25, 0.3) is 0 Å². The lowest BCUT2D eigenvalue weighted by molar-refractivity contribution is 1.31. The van der Waals surface area contributed by atoms with E-state index in [1.165, 1.54) is 11.1 Å². The smallest absolute Gasteiger partial charge is 0.123 e. The number of rotatable bonds is 5. The molecule has 0 saturated heterocycles. The van der Waals surface area contributed by atoms with Crippen LogP contribution in [0.1, 0.15) is 22.3 Å². The molecule has 0 unspecified atom stereocenters. The lowest BCUT2D eigenvalue weighted by Crippen LogP contribution is -2.13. The number of aryl methyl sites for hydroxylation is 1. The Morgan fingerprint density at radius 1 is 1.11 bits per heavy atom. The van der Waals surface area contributed by atoms with Crippen molar-refractivity contribution in [3.8, 4) is 0 Å². The molecule has 0 fully saturated rings. The van der Waals surface area contributed by atoms with E-state index in [4.69, 9.17) is 11.1 Å². The number of amidine groups is 1. The maximum Gasteiger partial charge on any atom is 0.123 e. The van der Waals surface area contributed by atoms with Gasteiger partial charge in [-0.05, 0) is 18.1 Å². The molecule has 19 heavy (non-hydrogen) atoms. The van der Waals surface area contributed by atoms with Crippen LogP contribution >= 0.6 is 11.8 Å². The van der Waals surface area contributed by atoms with E-state index in [1.54, 1.807) is 0 Å². The Labute approximate surface area is 118 Å². The minimum Gasteiger partial charge on any atom is -0.384 e. The van der Waals surface area contributed by atoms with Crippen LogP contribution < -0.4 is 5.73 Å². The third-order valence-corrected chi connectivity index (χ3v) is 3.97. The summed E-state index contributed by atoms with van der Waals surface area (Å²) in [6.07, 6.45) is 0. The molecule has 2 rings (SSSR count). The molecule has 0 aromatic heterocycles. The van der Waals surface area contributed by atoms with Crippen molar-refractivity contribution in [2.45, 2.75) is 18.4 Å². The van der Waals surface area contributed by atoms with Crippen LogP contribution in [0.3, 0.4) is 0 Å². The first-order valence-corrected chi connectivity index (χ1v) is 7.38. The Bertz CT molecular complexity index is 578. The van der Waals surface area contributed by atoms with Gasteiger partial charge in [0.05, 0.1) is 0 Å². The molecule has 0 atom stereocenters. The van der Waals surface area contributed by atoms with Gasteiger partial charge in [-0.15, -0.1) is 0 Å². The van der Waals surface area contributed by atoms with Gasteiger partial charge in [-0.2, -0.15) is 11.8 Å². The zero-order valence-electron chi connectivity index (χ0n) is 11.0. The molecule has 0 aliphatic carbocycles. The van der Waals surface area contributed by atoms with E-state index < -0.39 is 0 Å². The number of nitrogens with one attached hydrogen (secondary N) is 1. The summed E-state index contributed by atoms with van der Waals surface area (Å²) in [5.41, 5.74) is 10.2. The summed E-state index contributed by atoms with van der Waals surface area (Å²) < 4.78 is 0. The number of hydrogen-bond donors (Lipinski definition) is 2. The van der Waals surface area contributed by atoms with Gasteiger partial charge >= 0.3 is 0 Å². The van der Waals surface area contributed by atoms with Crippen molar-refractivity contribution in [3.63, 3.8) is 0 Å². The molecule has 0 radical (unpaired) electrons. The van der Waals surface area contributed by atoms with E-state index in [-0.39, 0.29) is 5.84 Å². The van der Waals surface area contributed by atoms with Crippen molar-refractivity contribution >= 4 is 17.6 Å². The molecule has 0 bridgehead atoms. The molecule has 0 spiro atoms. The Balaban J connectivity index is 1.98. The van der Waals surface area contributed by atoms with Crippen molar-refractivity contribution in [2.75, 3.05) is 0 Å². The summed E-state index contributed by atoms with van der Waals surface area (Å²) in [4.78, 5) is 0. The summed E-state index contributed by atoms with van der Waals surface area (Å²) in [6, 6.07) is 16.4. The normalized spacial score (nSPS) is 10.4. The van der Waals surface area contributed by atoms with Crippen molar-refractivity contribution in [3.05, 3.63) is 70.8 Å². The van der Waals surface area contributed by atoms with E-state index in [2.05, 4.69) is 31.2 Å². The zero-order valence-corrected chi connectivity index (χ0v) is 11.8. The number of nitrogen functional groups attached to an aromatic ring is 1. The van der Waals surface area contributed by atoms with Crippen LogP contribution in [0, 0.1) is 12.3 Å². The van der Waals surface area contributed by atoms with E-state index in [9.17, 15) is 0 Å². The molecular formula is C16H18N2S. The number of benzene rings is 2.